The van der Waals surface area contributed by atoms with Crippen LogP contribution in [0.5, 0.6) is 5.75 Å². The molecule has 3 aromatic rings. The fourth-order valence-corrected chi connectivity index (χ4v) is 5.18. The molecule has 200 valence electrons. The molecule has 3 aromatic carbocycles. The van der Waals surface area contributed by atoms with Gasteiger partial charge in [0, 0.05) is 22.5 Å². The van der Waals surface area contributed by atoms with Crippen LogP contribution < -0.4 is 9.64 Å². The summed E-state index contributed by atoms with van der Waals surface area (Å²) in [5.41, 5.74) is -3.25. The van der Waals surface area contributed by atoms with Crippen molar-refractivity contribution in [2.45, 2.75) is 31.5 Å². The molecule has 0 spiro atoms. The number of ether oxygens (including phenoxy) is 1. The predicted molar refractivity (Wildman–Crippen MR) is 137 cm³/mol. The fourth-order valence-electron chi connectivity index (χ4n) is 4.66. The summed E-state index contributed by atoms with van der Waals surface area (Å²) in [7, 11) is 0. The van der Waals surface area contributed by atoms with Gasteiger partial charge in [-0.3, -0.25) is 4.79 Å². The van der Waals surface area contributed by atoms with Crippen LogP contribution >= 0.6 is 23.2 Å². The maximum Gasteiger partial charge on any atom is 0.422 e. The SMILES string of the molecule is CCN1C(=O)COc2ccc(C(O)(C(C)c3ccc(-c4ccc(Cl)cc4C(=O)O)cc3Cl)C(F)(F)F)cc21. The van der Waals surface area contributed by atoms with Crippen LogP contribution in [-0.4, -0.2) is 41.4 Å². The van der Waals surface area contributed by atoms with Crippen LogP contribution in [0.15, 0.2) is 54.6 Å². The fraction of sp³-hybridized carbons (Fsp3) is 0.259. The van der Waals surface area contributed by atoms with Crippen LogP contribution in [0.4, 0.5) is 18.9 Å². The molecule has 2 unspecified atom stereocenters. The van der Waals surface area contributed by atoms with Gasteiger partial charge in [0.15, 0.2) is 12.2 Å². The minimum atomic E-state index is -5.13. The summed E-state index contributed by atoms with van der Waals surface area (Å²) in [5.74, 6) is -3.02. The lowest BCUT2D eigenvalue weighted by Gasteiger charge is -2.38. The molecule has 0 saturated carbocycles. The molecular formula is C27H22Cl2F3NO5. The summed E-state index contributed by atoms with van der Waals surface area (Å²) in [4.78, 5) is 25.2. The Bertz CT molecular complexity index is 1430. The van der Waals surface area contributed by atoms with Crippen molar-refractivity contribution in [1.82, 2.24) is 0 Å². The van der Waals surface area contributed by atoms with Gasteiger partial charge in [0.1, 0.15) is 5.75 Å². The first-order valence-corrected chi connectivity index (χ1v) is 12.2. The number of carbonyl (C=O) groups is 2. The first-order chi connectivity index (χ1) is 17.8. The van der Waals surface area contributed by atoms with E-state index in [1.807, 2.05) is 0 Å². The van der Waals surface area contributed by atoms with Crippen molar-refractivity contribution in [2.75, 3.05) is 18.1 Å². The summed E-state index contributed by atoms with van der Waals surface area (Å²) in [6, 6.07) is 11.8. The molecule has 6 nitrogen and oxygen atoms in total. The number of nitrogens with zero attached hydrogens (tertiary/aromatic N) is 1. The number of alkyl halides is 3. The van der Waals surface area contributed by atoms with Crippen molar-refractivity contribution in [3.05, 3.63) is 81.3 Å². The van der Waals surface area contributed by atoms with Crippen LogP contribution in [0.2, 0.25) is 10.0 Å². The lowest BCUT2D eigenvalue weighted by Crippen LogP contribution is -2.47. The van der Waals surface area contributed by atoms with E-state index in [0.29, 0.717) is 5.56 Å². The van der Waals surface area contributed by atoms with Crippen molar-refractivity contribution in [3.8, 4) is 16.9 Å². The summed E-state index contributed by atoms with van der Waals surface area (Å²) < 4.78 is 49.1. The van der Waals surface area contributed by atoms with E-state index in [9.17, 15) is 33.0 Å². The largest absolute Gasteiger partial charge is 0.482 e. The third kappa shape index (κ3) is 4.70. The molecule has 0 radical (unpaired) electrons. The number of hydrogen-bond donors (Lipinski definition) is 2. The molecule has 38 heavy (non-hydrogen) atoms. The van der Waals surface area contributed by atoms with Crippen molar-refractivity contribution in [3.63, 3.8) is 0 Å². The zero-order valence-corrected chi connectivity index (χ0v) is 21.7. The molecule has 0 aromatic heterocycles. The Morgan fingerprint density at radius 1 is 1.11 bits per heavy atom. The Morgan fingerprint density at radius 3 is 2.42 bits per heavy atom. The van der Waals surface area contributed by atoms with Gasteiger partial charge < -0.3 is 19.8 Å². The van der Waals surface area contributed by atoms with E-state index in [0.717, 1.165) is 12.1 Å². The Balaban J connectivity index is 1.81. The lowest BCUT2D eigenvalue weighted by atomic mass is 9.77. The number of benzene rings is 3. The highest BCUT2D eigenvalue weighted by atomic mass is 35.5. The highest BCUT2D eigenvalue weighted by Gasteiger charge is 2.59. The quantitative estimate of drug-likeness (QED) is 0.348. The molecule has 4 rings (SSSR count). The molecule has 0 saturated heterocycles. The number of anilines is 1. The van der Waals surface area contributed by atoms with Gasteiger partial charge in [-0.25, -0.2) is 4.79 Å². The number of aliphatic hydroxyl groups is 1. The van der Waals surface area contributed by atoms with E-state index < -0.39 is 35.1 Å². The van der Waals surface area contributed by atoms with Crippen molar-refractivity contribution < 1.29 is 37.7 Å². The summed E-state index contributed by atoms with van der Waals surface area (Å²) in [6.07, 6.45) is -5.13. The first-order valence-electron chi connectivity index (χ1n) is 11.5. The smallest absolute Gasteiger partial charge is 0.422 e. The van der Waals surface area contributed by atoms with Gasteiger partial charge in [0.25, 0.3) is 5.91 Å². The molecule has 1 heterocycles. The Labute approximate surface area is 226 Å². The van der Waals surface area contributed by atoms with E-state index in [-0.39, 0.29) is 51.3 Å². The number of hydrogen-bond acceptors (Lipinski definition) is 4. The standard InChI is InChI=1S/C27H22Cl2F3NO5/c1-3-33-22-11-16(5-9-23(22)38-13-24(33)34)26(37,27(30,31)32)14(2)18-7-4-15(10-21(18)29)19-8-6-17(28)12-20(19)25(35)36/h4-12,14,37H,3,13H2,1-2H3,(H,35,36). The average Bonchev–Trinajstić information content (AvgIpc) is 2.86. The Morgan fingerprint density at radius 2 is 1.82 bits per heavy atom. The van der Waals surface area contributed by atoms with Gasteiger partial charge in [0.05, 0.1) is 11.3 Å². The normalized spacial score (nSPS) is 15.9. The number of likely N-dealkylation sites (N-methyl/N-ethyl adjacent to an activating group) is 1. The molecule has 1 aliphatic heterocycles. The zero-order valence-electron chi connectivity index (χ0n) is 20.1. The number of carboxylic acids is 1. The third-order valence-electron chi connectivity index (χ3n) is 6.71. The number of amides is 1. The second-order valence-electron chi connectivity index (χ2n) is 8.83. The molecule has 2 atom stereocenters. The van der Waals surface area contributed by atoms with Gasteiger partial charge in [-0.05, 0) is 59.5 Å². The van der Waals surface area contributed by atoms with E-state index >= 15 is 0 Å². The second-order valence-corrected chi connectivity index (χ2v) is 9.67. The van der Waals surface area contributed by atoms with Crippen LogP contribution in [0.3, 0.4) is 0 Å². The van der Waals surface area contributed by atoms with Gasteiger partial charge in [-0.2, -0.15) is 13.2 Å². The Kier molecular flexibility index (Phi) is 7.40. The van der Waals surface area contributed by atoms with Gasteiger partial charge in [0.2, 0.25) is 0 Å². The van der Waals surface area contributed by atoms with E-state index in [1.165, 1.54) is 54.3 Å². The van der Waals surface area contributed by atoms with Crippen molar-refractivity contribution >= 4 is 40.8 Å². The maximum absolute atomic E-state index is 14.6. The number of halogens is 5. The summed E-state index contributed by atoms with van der Waals surface area (Å²) in [5, 5.41) is 20.9. The molecule has 11 heteroatoms. The number of aromatic carboxylic acids is 1. The number of carbonyl (C=O) groups excluding carboxylic acids is 1. The lowest BCUT2D eigenvalue weighted by molar-refractivity contribution is -0.274. The van der Waals surface area contributed by atoms with Crippen LogP contribution in [0.25, 0.3) is 11.1 Å². The molecule has 1 amide bonds. The third-order valence-corrected chi connectivity index (χ3v) is 7.27. The second kappa shape index (κ2) is 10.1. The van der Waals surface area contributed by atoms with Gasteiger partial charge in [-0.15, -0.1) is 0 Å². The van der Waals surface area contributed by atoms with Gasteiger partial charge in [-0.1, -0.05) is 54.4 Å². The molecule has 0 fully saturated rings. The minimum Gasteiger partial charge on any atom is -0.482 e. The molecular weight excluding hydrogens is 546 g/mol. The van der Waals surface area contributed by atoms with E-state index in [4.69, 9.17) is 27.9 Å². The Hall–Kier alpha value is -3.27. The van der Waals surface area contributed by atoms with Crippen LogP contribution in [0.1, 0.15) is 41.3 Å². The number of carboxylic acid groups (broad SMARTS) is 1. The van der Waals surface area contributed by atoms with Crippen molar-refractivity contribution in [1.29, 1.82) is 0 Å². The highest BCUT2D eigenvalue weighted by Crippen LogP contribution is 2.51. The molecule has 1 aliphatic rings. The number of rotatable bonds is 6. The van der Waals surface area contributed by atoms with Crippen LogP contribution in [0, 0.1) is 0 Å². The van der Waals surface area contributed by atoms with Crippen LogP contribution in [-0.2, 0) is 10.4 Å². The summed E-state index contributed by atoms with van der Waals surface area (Å²) in [6.45, 7) is 2.84. The van der Waals surface area contributed by atoms with Crippen molar-refractivity contribution in [2.24, 2.45) is 0 Å². The molecule has 0 bridgehead atoms. The first kappa shape index (κ1) is 27.8. The number of fused-ring (bicyclic) bond motifs is 1. The van der Waals surface area contributed by atoms with Gasteiger partial charge >= 0.3 is 12.1 Å². The molecule has 2 N–H and O–H groups in total. The maximum atomic E-state index is 14.6. The summed E-state index contributed by atoms with van der Waals surface area (Å²) >= 11 is 12.4. The van der Waals surface area contributed by atoms with E-state index in [2.05, 4.69) is 0 Å². The minimum absolute atomic E-state index is 0.0153. The predicted octanol–water partition coefficient (Wildman–Crippen LogP) is 6.66. The molecule has 0 aliphatic carbocycles. The topological polar surface area (TPSA) is 87.1 Å². The van der Waals surface area contributed by atoms with E-state index in [1.54, 1.807) is 6.92 Å². The highest BCUT2D eigenvalue weighted by molar-refractivity contribution is 6.32. The average molecular weight is 568 g/mol. The zero-order chi connectivity index (χ0) is 28.0. The monoisotopic (exact) mass is 567 g/mol.